The van der Waals surface area contributed by atoms with E-state index in [2.05, 4.69) is 10.1 Å². The van der Waals surface area contributed by atoms with Crippen molar-refractivity contribution in [3.63, 3.8) is 0 Å². The maximum Gasteiger partial charge on any atom is 0.344 e. The van der Waals surface area contributed by atoms with Crippen LogP contribution in [-0.4, -0.2) is 29.0 Å². The van der Waals surface area contributed by atoms with E-state index in [1.54, 1.807) is 24.3 Å². The van der Waals surface area contributed by atoms with Crippen molar-refractivity contribution in [3.05, 3.63) is 66.1 Å². The van der Waals surface area contributed by atoms with Crippen LogP contribution >= 0.6 is 0 Å². The van der Waals surface area contributed by atoms with E-state index in [-0.39, 0.29) is 19.1 Å². The molecule has 0 unspecified atom stereocenters. The first kappa shape index (κ1) is 16.4. The van der Waals surface area contributed by atoms with Crippen molar-refractivity contribution in [2.45, 2.75) is 6.61 Å². The molecule has 0 radical (unpaired) electrons. The van der Waals surface area contributed by atoms with E-state index < -0.39 is 5.97 Å². The van der Waals surface area contributed by atoms with Crippen molar-refractivity contribution in [1.29, 1.82) is 0 Å². The maximum atomic E-state index is 11.7. The van der Waals surface area contributed by atoms with Crippen LogP contribution in [0.1, 0.15) is 16.2 Å². The van der Waals surface area contributed by atoms with Gasteiger partial charge in [-0.25, -0.2) is 4.79 Å². The molecule has 0 aliphatic heterocycles. The van der Waals surface area contributed by atoms with Crippen LogP contribution in [0, 0.1) is 0 Å². The SMILES string of the molecule is O=Cc1ccccc1OCC(=O)OCc1nc(-c2ccccc2)no1. The van der Waals surface area contributed by atoms with Crippen LogP contribution in [0.3, 0.4) is 0 Å². The third kappa shape index (κ3) is 4.29. The fourth-order valence-electron chi connectivity index (χ4n) is 2.05. The number of benzene rings is 2. The van der Waals surface area contributed by atoms with Gasteiger partial charge in [-0.2, -0.15) is 4.98 Å². The molecule has 0 spiro atoms. The van der Waals surface area contributed by atoms with Crippen LogP contribution in [0.4, 0.5) is 0 Å². The number of para-hydroxylation sites is 1. The molecule has 3 aromatic rings. The van der Waals surface area contributed by atoms with Gasteiger partial charge in [0.25, 0.3) is 5.89 Å². The number of carbonyl (C=O) groups excluding carboxylic acids is 2. The zero-order valence-corrected chi connectivity index (χ0v) is 13.1. The average molecular weight is 338 g/mol. The van der Waals surface area contributed by atoms with Gasteiger partial charge in [0.05, 0.1) is 5.56 Å². The Morgan fingerprint density at radius 1 is 1.08 bits per heavy atom. The van der Waals surface area contributed by atoms with E-state index in [9.17, 15) is 9.59 Å². The molecule has 0 amide bonds. The molecule has 0 bridgehead atoms. The van der Waals surface area contributed by atoms with Gasteiger partial charge in [0.2, 0.25) is 5.82 Å². The molecule has 7 heteroatoms. The Hall–Kier alpha value is -3.48. The van der Waals surface area contributed by atoms with E-state index in [0.29, 0.717) is 23.4 Å². The lowest BCUT2D eigenvalue weighted by Gasteiger charge is -2.07. The Morgan fingerprint density at radius 2 is 1.84 bits per heavy atom. The molecule has 0 aliphatic rings. The Balaban J connectivity index is 1.51. The Morgan fingerprint density at radius 3 is 2.64 bits per heavy atom. The van der Waals surface area contributed by atoms with Gasteiger partial charge in [-0.1, -0.05) is 47.6 Å². The Labute approximate surface area is 143 Å². The quantitative estimate of drug-likeness (QED) is 0.483. The van der Waals surface area contributed by atoms with Gasteiger partial charge in [-0.3, -0.25) is 4.79 Å². The van der Waals surface area contributed by atoms with Crippen LogP contribution < -0.4 is 4.74 Å². The molecule has 0 saturated carbocycles. The molecule has 7 nitrogen and oxygen atoms in total. The van der Waals surface area contributed by atoms with Crippen molar-refractivity contribution in [2.75, 3.05) is 6.61 Å². The molecule has 1 heterocycles. The molecular weight excluding hydrogens is 324 g/mol. The minimum atomic E-state index is -0.611. The van der Waals surface area contributed by atoms with Gasteiger partial charge >= 0.3 is 5.97 Å². The van der Waals surface area contributed by atoms with E-state index in [0.717, 1.165) is 5.56 Å². The smallest absolute Gasteiger partial charge is 0.344 e. The number of aromatic nitrogens is 2. The second-order valence-electron chi connectivity index (χ2n) is 4.98. The highest BCUT2D eigenvalue weighted by Crippen LogP contribution is 2.16. The molecule has 126 valence electrons. The molecular formula is C18H14N2O5. The van der Waals surface area contributed by atoms with E-state index >= 15 is 0 Å². The summed E-state index contributed by atoms with van der Waals surface area (Å²) in [5.74, 6) is 0.307. The highest BCUT2D eigenvalue weighted by molar-refractivity contribution is 5.79. The van der Waals surface area contributed by atoms with Crippen molar-refractivity contribution in [3.8, 4) is 17.1 Å². The zero-order valence-electron chi connectivity index (χ0n) is 13.1. The second-order valence-corrected chi connectivity index (χ2v) is 4.98. The molecule has 0 aliphatic carbocycles. The summed E-state index contributed by atoms with van der Waals surface area (Å²) in [5, 5.41) is 3.83. The third-order valence-corrected chi connectivity index (χ3v) is 3.25. The first-order valence-electron chi connectivity index (χ1n) is 7.47. The second kappa shape index (κ2) is 7.87. The van der Waals surface area contributed by atoms with Crippen molar-refractivity contribution in [2.24, 2.45) is 0 Å². The number of hydrogen-bond acceptors (Lipinski definition) is 7. The molecule has 0 saturated heterocycles. The number of nitrogens with zero attached hydrogens (tertiary/aromatic N) is 2. The Kier molecular flexibility index (Phi) is 5.16. The molecule has 0 N–H and O–H groups in total. The predicted molar refractivity (Wildman–Crippen MR) is 86.9 cm³/mol. The van der Waals surface area contributed by atoms with E-state index in [1.165, 1.54) is 0 Å². The highest BCUT2D eigenvalue weighted by Gasteiger charge is 2.12. The van der Waals surface area contributed by atoms with Crippen molar-refractivity contribution < 1.29 is 23.6 Å². The third-order valence-electron chi connectivity index (χ3n) is 3.25. The van der Waals surface area contributed by atoms with Gasteiger partial charge in [0, 0.05) is 5.56 Å². The van der Waals surface area contributed by atoms with Crippen LogP contribution in [0.2, 0.25) is 0 Å². The maximum absolute atomic E-state index is 11.7. The summed E-state index contributed by atoms with van der Waals surface area (Å²) < 4.78 is 15.3. The lowest BCUT2D eigenvalue weighted by Crippen LogP contribution is -2.15. The lowest BCUT2D eigenvalue weighted by molar-refractivity contribution is -0.148. The van der Waals surface area contributed by atoms with Gasteiger partial charge in [0.1, 0.15) is 5.75 Å². The zero-order chi connectivity index (χ0) is 17.5. The normalized spacial score (nSPS) is 10.2. The minimum Gasteiger partial charge on any atom is -0.481 e. The minimum absolute atomic E-state index is 0.155. The number of carbonyl (C=O) groups is 2. The monoisotopic (exact) mass is 338 g/mol. The average Bonchev–Trinajstić information content (AvgIpc) is 3.14. The summed E-state index contributed by atoms with van der Waals surface area (Å²) in [6.45, 7) is -0.484. The summed E-state index contributed by atoms with van der Waals surface area (Å²) in [5.41, 5.74) is 1.16. The van der Waals surface area contributed by atoms with Crippen molar-refractivity contribution in [1.82, 2.24) is 10.1 Å². The molecule has 3 rings (SSSR count). The fourth-order valence-corrected chi connectivity index (χ4v) is 2.05. The highest BCUT2D eigenvalue weighted by atomic mass is 16.6. The van der Waals surface area contributed by atoms with Gasteiger partial charge in [-0.15, -0.1) is 0 Å². The number of aldehydes is 1. The summed E-state index contributed by atoms with van der Waals surface area (Å²) in [6, 6.07) is 15.9. The summed E-state index contributed by atoms with van der Waals surface area (Å²) >= 11 is 0. The van der Waals surface area contributed by atoms with Crippen LogP contribution in [0.15, 0.2) is 59.1 Å². The number of hydrogen-bond donors (Lipinski definition) is 0. The first-order valence-corrected chi connectivity index (χ1v) is 7.47. The Bertz CT molecular complexity index is 861. The van der Waals surface area contributed by atoms with Crippen LogP contribution in [0.5, 0.6) is 5.75 Å². The molecule has 2 aromatic carbocycles. The predicted octanol–water partition coefficient (Wildman–Crippen LogP) is 2.67. The summed E-state index contributed by atoms with van der Waals surface area (Å²) in [7, 11) is 0. The number of ether oxygens (including phenoxy) is 2. The van der Waals surface area contributed by atoms with E-state index in [1.807, 2.05) is 30.3 Å². The molecule has 0 atom stereocenters. The lowest BCUT2D eigenvalue weighted by atomic mass is 10.2. The largest absolute Gasteiger partial charge is 0.481 e. The molecule has 25 heavy (non-hydrogen) atoms. The van der Waals surface area contributed by atoms with Crippen LogP contribution in [-0.2, 0) is 16.1 Å². The number of esters is 1. The molecule has 0 fully saturated rings. The standard InChI is InChI=1S/C18H14N2O5/c21-10-14-8-4-5-9-15(14)23-12-17(22)24-11-16-19-18(20-25-16)13-6-2-1-3-7-13/h1-10H,11-12H2. The van der Waals surface area contributed by atoms with Gasteiger partial charge in [-0.05, 0) is 12.1 Å². The van der Waals surface area contributed by atoms with Crippen LogP contribution in [0.25, 0.3) is 11.4 Å². The summed E-state index contributed by atoms with van der Waals surface area (Å²) in [4.78, 5) is 26.8. The molecule has 1 aromatic heterocycles. The van der Waals surface area contributed by atoms with E-state index in [4.69, 9.17) is 14.0 Å². The topological polar surface area (TPSA) is 91.5 Å². The van der Waals surface area contributed by atoms with Gasteiger partial charge < -0.3 is 14.0 Å². The number of rotatable bonds is 7. The van der Waals surface area contributed by atoms with Crippen molar-refractivity contribution >= 4 is 12.3 Å². The fraction of sp³-hybridized carbons (Fsp3) is 0.111. The van der Waals surface area contributed by atoms with Gasteiger partial charge in [0.15, 0.2) is 19.5 Å². The first-order chi connectivity index (χ1) is 12.3. The summed E-state index contributed by atoms with van der Waals surface area (Å²) in [6.07, 6.45) is 0.657.